The molecule has 0 saturated heterocycles. The quantitative estimate of drug-likeness (QED) is 0.0320. The predicted octanol–water partition coefficient (Wildman–Crippen LogP) is 3.03. The summed E-state index contributed by atoms with van der Waals surface area (Å²) in [5.74, 6) is -6.58. The van der Waals surface area contributed by atoms with Gasteiger partial charge in [0.25, 0.3) is 0 Å². The molecule has 0 radical (unpaired) electrons. The average molecular weight is 954 g/mol. The molecule has 356 valence electrons. The second-order valence-electron chi connectivity index (χ2n) is 13.5. The van der Waals surface area contributed by atoms with E-state index >= 15 is 0 Å². The van der Waals surface area contributed by atoms with Gasteiger partial charge in [0.15, 0.2) is 0 Å². The molecule has 0 saturated carbocycles. The largest absolute Gasteiger partial charge is 0.488 e. The van der Waals surface area contributed by atoms with Crippen LogP contribution in [0.4, 0.5) is 11.4 Å². The van der Waals surface area contributed by atoms with Gasteiger partial charge in [0.1, 0.15) is 67.4 Å². The minimum absolute atomic E-state index is 0.0162. The highest BCUT2D eigenvalue weighted by atomic mass is 32.1. The molecule has 0 spiro atoms. The van der Waals surface area contributed by atoms with E-state index in [1.165, 1.54) is 29.2 Å². The van der Waals surface area contributed by atoms with Crippen molar-refractivity contribution in [1.29, 1.82) is 5.26 Å². The molecule has 0 bridgehead atoms. The molecule has 2 heterocycles. The number of hydrogen-bond acceptors (Lipinski definition) is 24. The second kappa shape index (κ2) is 25.3. The molecule has 67 heavy (non-hydrogen) atoms. The number of carbonyl (C=O) groups is 8. The van der Waals surface area contributed by atoms with Crippen molar-refractivity contribution in [2.24, 2.45) is 0 Å². The Morgan fingerprint density at radius 2 is 1.03 bits per heavy atom. The van der Waals surface area contributed by atoms with Crippen LogP contribution in [0, 0.1) is 18.3 Å². The number of esters is 8. The van der Waals surface area contributed by atoms with E-state index in [1.807, 2.05) is 6.07 Å². The van der Waals surface area contributed by atoms with Crippen molar-refractivity contribution in [1.82, 2.24) is 0 Å². The van der Waals surface area contributed by atoms with Crippen LogP contribution in [0.3, 0.4) is 0 Å². The van der Waals surface area contributed by atoms with Gasteiger partial charge in [-0.3, -0.25) is 38.4 Å². The molecular formula is C43H43N3O20S. The smallest absolute Gasteiger partial charge is 0.345 e. The number of benzene rings is 2. The van der Waals surface area contributed by atoms with Crippen LogP contribution in [0.25, 0.3) is 21.4 Å². The average Bonchev–Trinajstić information content (AvgIpc) is 3.73. The number of rotatable bonds is 24. The highest BCUT2D eigenvalue weighted by Crippen LogP contribution is 2.36. The van der Waals surface area contributed by atoms with Crippen molar-refractivity contribution in [3.63, 3.8) is 0 Å². The Kier molecular flexibility index (Phi) is 19.4. The third kappa shape index (κ3) is 17.0. The van der Waals surface area contributed by atoms with Gasteiger partial charge in [-0.05, 0) is 48.9 Å². The summed E-state index contributed by atoms with van der Waals surface area (Å²) in [6.45, 7) is 0.166. The monoisotopic (exact) mass is 953 g/mol. The molecule has 0 fully saturated rings. The Balaban J connectivity index is 1.70. The van der Waals surface area contributed by atoms with Crippen molar-refractivity contribution in [3.05, 3.63) is 69.4 Å². The van der Waals surface area contributed by atoms with Gasteiger partial charge in [0, 0.05) is 44.0 Å². The fourth-order valence-corrected chi connectivity index (χ4v) is 6.29. The molecule has 4 aromatic rings. The van der Waals surface area contributed by atoms with Gasteiger partial charge in [-0.25, -0.2) is 4.79 Å². The van der Waals surface area contributed by atoms with E-state index < -0.39 is 107 Å². The fourth-order valence-electron chi connectivity index (χ4n) is 5.49. The van der Waals surface area contributed by atoms with Gasteiger partial charge in [-0.15, -0.1) is 11.3 Å². The molecule has 0 aliphatic carbocycles. The molecule has 0 aliphatic heterocycles. The molecule has 2 aromatic heterocycles. The Morgan fingerprint density at radius 3 is 1.46 bits per heavy atom. The molecule has 0 N–H and O–H groups in total. The minimum atomic E-state index is -0.992. The number of fused-ring (bicyclic) bond motifs is 1. The van der Waals surface area contributed by atoms with E-state index in [9.17, 15) is 48.4 Å². The number of carbonyl (C=O) groups excluding carboxylic acids is 8. The van der Waals surface area contributed by atoms with Crippen molar-refractivity contribution >= 4 is 81.4 Å². The van der Waals surface area contributed by atoms with Crippen molar-refractivity contribution in [2.75, 3.05) is 76.4 Å². The molecule has 0 amide bonds. The summed E-state index contributed by atoms with van der Waals surface area (Å²) in [6.07, 6.45) is 0. The zero-order valence-electron chi connectivity index (χ0n) is 36.6. The SMILES string of the molecule is CC(=O)OCOC(=O)CN(CC(=O)OCOC(C)=O)c1ccc(C)cc1OCCOc1cc2cc(-c3ccc(C#N)s3)c(=O)oc2cc1N(CC(=O)OCOC(C)=O)CC(=O)OCOC(C)=O. The number of ether oxygens (including phenoxy) is 10. The van der Waals surface area contributed by atoms with E-state index in [2.05, 4.69) is 9.47 Å². The van der Waals surface area contributed by atoms with Crippen LogP contribution < -0.4 is 24.9 Å². The van der Waals surface area contributed by atoms with E-state index in [1.54, 1.807) is 31.2 Å². The Hall–Kier alpha value is -8.20. The van der Waals surface area contributed by atoms with Gasteiger partial charge in [-0.1, -0.05) is 6.07 Å². The van der Waals surface area contributed by atoms with E-state index in [0.29, 0.717) is 20.7 Å². The molecule has 0 atom stereocenters. The summed E-state index contributed by atoms with van der Waals surface area (Å²) in [5.41, 5.74) is 0.155. The number of nitriles is 1. The summed E-state index contributed by atoms with van der Waals surface area (Å²) < 4.78 is 56.7. The van der Waals surface area contributed by atoms with Gasteiger partial charge < -0.3 is 61.6 Å². The maximum absolute atomic E-state index is 13.3. The lowest BCUT2D eigenvalue weighted by atomic mass is 10.1. The van der Waals surface area contributed by atoms with Gasteiger partial charge in [0.2, 0.25) is 27.2 Å². The van der Waals surface area contributed by atoms with Crippen LogP contribution in [0.2, 0.25) is 0 Å². The first-order valence-corrected chi connectivity index (χ1v) is 20.4. The number of hydrogen-bond donors (Lipinski definition) is 0. The number of thiophene rings is 1. The summed E-state index contributed by atoms with van der Waals surface area (Å²) in [7, 11) is 0. The van der Waals surface area contributed by atoms with Crippen molar-refractivity contribution in [3.8, 4) is 28.0 Å². The van der Waals surface area contributed by atoms with Crippen LogP contribution in [-0.2, 0) is 76.3 Å². The van der Waals surface area contributed by atoms with Crippen LogP contribution in [0.1, 0.15) is 38.1 Å². The topological polar surface area (TPSA) is 289 Å². The van der Waals surface area contributed by atoms with Gasteiger partial charge in [-0.2, -0.15) is 5.26 Å². The summed E-state index contributed by atoms with van der Waals surface area (Å²) >= 11 is 1.05. The fraction of sp³-hybridized carbons (Fsp3) is 0.349. The first-order chi connectivity index (χ1) is 31.9. The van der Waals surface area contributed by atoms with Crippen LogP contribution >= 0.6 is 11.3 Å². The lowest BCUT2D eigenvalue weighted by Gasteiger charge is -2.26. The summed E-state index contributed by atoms with van der Waals surface area (Å²) in [6, 6.07) is 14.2. The van der Waals surface area contributed by atoms with Gasteiger partial charge in [0.05, 0.1) is 16.9 Å². The van der Waals surface area contributed by atoms with Crippen molar-refractivity contribution in [2.45, 2.75) is 34.6 Å². The maximum Gasteiger partial charge on any atom is 0.345 e. The second-order valence-corrected chi connectivity index (χ2v) is 14.6. The molecule has 0 unspecified atom stereocenters. The molecule has 0 aliphatic rings. The minimum Gasteiger partial charge on any atom is -0.488 e. The summed E-state index contributed by atoms with van der Waals surface area (Å²) in [4.78, 5) is 113. The molecule has 2 aromatic carbocycles. The Labute approximate surface area is 384 Å². The zero-order valence-corrected chi connectivity index (χ0v) is 37.4. The normalized spacial score (nSPS) is 10.4. The maximum atomic E-state index is 13.3. The van der Waals surface area contributed by atoms with E-state index in [-0.39, 0.29) is 47.2 Å². The van der Waals surface area contributed by atoms with E-state index in [0.717, 1.165) is 43.9 Å². The lowest BCUT2D eigenvalue weighted by molar-refractivity contribution is -0.167. The van der Waals surface area contributed by atoms with Gasteiger partial charge >= 0.3 is 53.4 Å². The van der Waals surface area contributed by atoms with Crippen LogP contribution in [0.5, 0.6) is 11.5 Å². The van der Waals surface area contributed by atoms with E-state index in [4.69, 9.17) is 42.3 Å². The predicted molar refractivity (Wildman–Crippen MR) is 228 cm³/mol. The lowest BCUT2D eigenvalue weighted by Crippen LogP contribution is -2.37. The Morgan fingerprint density at radius 1 is 0.582 bits per heavy atom. The van der Waals surface area contributed by atoms with Crippen LogP contribution in [-0.4, -0.2) is 114 Å². The first kappa shape index (κ1) is 51.4. The number of anilines is 2. The molecular weight excluding hydrogens is 911 g/mol. The van der Waals surface area contributed by atoms with Crippen LogP contribution in [0.15, 0.2) is 57.7 Å². The Bertz CT molecular complexity index is 2510. The first-order valence-electron chi connectivity index (χ1n) is 19.6. The molecule has 24 heteroatoms. The zero-order chi connectivity index (χ0) is 49.0. The number of aryl methyl sites for hydroxylation is 1. The highest BCUT2D eigenvalue weighted by Gasteiger charge is 2.25. The molecule has 23 nitrogen and oxygen atoms in total. The summed E-state index contributed by atoms with van der Waals surface area (Å²) in [5, 5.41) is 9.67. The number of nitrogens with zero attached hydrogens (tertiary/aromatic N) is 3. The third-order valence-electron chi connectivity index (χ3n) is 8.40. The molecule has 4 rings (SSSR count). The van der Waals surface area contributed by atoms with Crippen molar-refractivity contribution < 1.29 is 90.1 Å². The standard InChI is InChI=1S/C43H43N3O20S/c1-25-6-8-33(45(17-39(51)62-21-58-26(2)47)18-40(52)63-22-59-27(3)48)36(12-25)56-10-11-57-37-14-30-13-32(38-9-7-31(16-44)67-38)43(55)66-35(30)15-34(37)46(19-41(53)64-23-60-28(4)49)20-42(54)65-24-61-29(5)50/h6-9,12-15H,10-11,17-24H2,1-5H3. The highest BCUT2D eigenvalue weighted by molar-refractivity contribution is 7.16. The third-order valence-corrected chi connectivity index (χ3v) is 9.42.